The molecule has 0 amide bonds. The highest BCUT2D eigenvalue weighted by Gasteiger charge is 2.37. The number of nitrogen functional groups attached to an aromatic ring is 1. The second-order valence-corrected chi connectivity index (χ2v) is 7.04. The lowest BCUT2D eigenvalue weighted by Crippen LogP contribution is -2.38. The molecule has 4 nitrogen and oxygen atoms in total. The number of hydrogen-bond acceptors (Lipinski definition) is 4. The predicted octanol–water partition coefficient (Wildman–Crippen LogP) is 3.69. The van der Waals surface area contributed by atoms with E-state index >= 15 is 0 Å². The molecule has 1 heterocycles. The van der Waals surface area contributed by atoms with E-state index in [1.807, 2.05) is 23.9 Å². The molecular formula is C16H23N3OS. The summed E-state index contributed by atoms with van der Waals surface area (Å²) in [5.41, 5.74) is 8.15. The Kier molecular flexibility index (Phi) is 4.02. The molecule has 2 aromatic rings. The summed E-state index contributed by atoms with van der Waals surface area (Å²) in [5.74, 6) is 1.43. The maximum Gasteiger partial charge on any atom is 0.201 e. The zero-order chi connectivity index (χ0) is 14.9. The van der Waals surface area contributed by atoms with Crippen LogP contribution >= 0.6 is 11.8 Å². The van der Waals surface area contributed by atoms with Crippen molar-refractivity contribution in [1.29, 1.82) is 0 Å². The number of imidazole rings is 1. The highest BCUT2D eigenvalue weighted by atomic mass is 32.2. The minimum Gasteiger partial charge on any atom is -0.491 e. The molecule has 0 spiro atoms. The van der Waals surface area contributed by atoms with Crippen molar-refractivity contribution >= 4 is 28.7 Å². The molecule has 1 fully saturated rings. The maximum absolute atomic E-state index is 6.18. The average Bonchev–Trinajstić information content (AvgIpc) is 2.77. The Bertz CT molecular complexity index is 628. The summed E-state index contributed by atoms with van der Waals surface area (Å²) in [6.45, 7) is 3.75. The number of ether oxygens (including phenoxy) is 1. The Morgan fingerprint density at radius 1 is 1.43 bits per heavy atom. The molecule has 1 aliphatic carbocycles. The lowest BCUT2D eigenvalue weighted by molar-refractivity contribution is 0.320. The Hall–Kier alpha value is -1.36. The van der Waals surface area contributed by atoms with Gasteiger partial charge in [0.15, 0.2) is 0 Å². The molecule has 3 rings (SSSR count). The fourth-order valence-corrected chi connectivity index (χ4v) is 3.88. The first kappa shape index (κ1) is 14.6. The number of nitrogens with two attached hydrogens (primary N) is 1. The Morgan fingerprint density at radius 2 is 2.24 bits per heavy atom. The smallest absolute Gasteiger partial charge is 0.201 e. The molecule has 1 saturated carbocycles. The largest absolute Gasteiger partial charge is 0.491 e. The van der Waals surface area contributed by atoms with E-state index in [1.165, 1.54) is 19.3 Å². The van der Waals surface area contributed by atoms with Crippen LogP contribution in [-0.2, 0) is 6.54 Å². The average molecular weight is 305 g/mol. The first-order chi connectivity index (χ1) is 10.2. The predicted molar refractivity (Wildman–Crippen MR) is 90.0 cm³/mol. The van der Waals surface area contributed by atoms with Crippen LogP contribution in [0.5, 0.6) is 5.75 Å². The number of fused-ring (bicyclic) bond motifs is 1. The van der Waals surface area contributed by atoms with Crippen molar-refractivity contribution in [2.75, 3.05) is 18.6 Å². The van der Waals surface area contributed by atoms with E-state index in [-0.39, 0.29) is 0 Å². The Morgan fingerprint density at radius 3 is 2.86 bits per heavy atom. The summed E-state index contributed by atoms with van der Waals surface area (Å²) in [6, 6.07) is 6.09. The number of nitrogens with zero attached hydrogens (tertiary/aromatic N) is 2. The van der Waals surface area contributed by atoms with Crippen molar-refractivity contribution in [3.63, 3.8) is 0 Å². The molecule has 0 atom stereocenters. The quantitative estimate of drug-likeness (QED) is 0.884. The number of aromatic nitrogens is 2. The van der Waals surface area contributed by atoms with Crippen molar-refractivity contribution < 1.29 is 4.74 Å². The summed E-state index contributed by atoms with van der Waals surface area (Å²) in [4.78, 5) is 4.55. The van der Waals surface area contributed by atoms with Gasteiger partial charge in [-0.05, 0) is 37.7 Å². The lowest BCUT2D eigenvalue weighted by Gasteiger charge is -2.40. The van der Waals surface area contributed by atoms with Crippen molar-refractivity contribution in [2.45, 2.75) is 43.9 Å². The van der Waals surface area contributed by atoms with E-state index in [9.17, 15) is 0 Å². The Balaban J connectivity index is 1.97. The van der Waals surface area contributed by atoms with E-state index in [1.54, 1.807) is 0 Å². The van der Waals surface area contributed by atoms with Gasteiger partial charge in [0.1, 0.15) is 11.3 Å². The van der Waals surface area contributed by atoms with Crippen LogP contribution in [0.3, 0.4) is 0 Å². The molecule has 0 aliphatic heterocycles. The third-order valence-electron chi connectivity index (χ3n) is 4.38. The van der Waals surface area contributed by atoms with E-state index in [0.29, 0.717) is 17.3 Å². The minimum absolute atomic E-state index is 0.335. The van der Waals surface area contributed by atoms with Gasteiger partial charge in [-0.3, -0.25) is 0 Å². The fourth-order valence-electron chi connectivity index (χ4n) is 2.92. The zero-order valence-electron chi connectivity index (χ0n) is 12.8. The minimum atomic E-state index is 0.335. The monoisotopic (exact) mass is 305 g/mol. The number of para-hydroxylation sites is 1. The number of hydrogen-bond donors (Lipinski definition) is 1. The van der Waals surface area contributed by atoms with Crippen LogP contribution in [0.1, 0.15) is 32.6 Å². The SMILES string of the molecule is CCCOc1cccc2c1nc(N)n2CC1(SC)CCC1. The topological polar surface area (TPSA) is 53.1 Å². The molecular weight excluding hydrogens is 282 g/mol. The van der Waals surface area contributed by atoms with Crippen molar-refractivity contribution in [1.82, 2.24) is 9.55 Å². The zero-order valence-corrected chi connectivity index (χ0v) is 13.6. The molecule has 1 aromatic heterocycles. The van der Waals surface area contributed by atoms with E-state index < -0.39 is 0 Å². The summed E-state index contributed by atoms with van der Waals surface area (Å²) in [5, 5.41) is 0. The standard InChI is InChI=1S/C16H23N3OS/c1-3-10-20-13-7-4-6-12-14(13)18-15(17)19(12)11-16(21-2)8-5-9-16/h4,6-7H,3,5,8-11H2,1-2H3,(H2,17,18). The molecule has 1 aliphatic rings. The van der Waals surface area contributed by atoms with Gasteiger partial charge in [0.05, 0.1) is 12.1 Å². The first-order valence-electron chi connectivity index (χ1n) is 7.62. The highest BCUT2D eigenvalue weighted by molar-refractivity contribution is 8.00. The molecule has 114 valence electrons. The third kappa shape index (κ3) is 2.59. The van der Waals surface area contributed by atoms with Crippen LogP contribution < -0.4 is 10.5 Å². The Labute approximate surface area is 130 Å². The molecule has 21 heavy (non-hydrogen) atoms. The van der Waals surface area contributed by atoms with Gasteiger partial charge in [0.25, 0.3) is 0 Å². The molecule has 5 heteroatoms. The van der Waals surface area contributed by atoms with E-state index in [2.05, 4.69) is 28.8 Å². The third-order valence-corrected chi connectivity index (χ3v) is 5.78. The molecule has 2 N–H and O–H groups in total. The molecule has 0 unspecified atom stereocenters. The van der Waals surface area contributed by atoms with Gasteiger partial charge in [0.2, 0.25) is 5.95 Å². The van der Waals surface area contributed by atoms with Crippen LogP contribution in [-0.4, -0.2) is 27.2 Å². The summed E-state index contributed by atoms with van der Waals surface area (Å²) in [6.07, 6.45) is 7.03. The van der Waals surface area contributed by atoms with Gasteiger partial charge >= 0.3 is 0 Å². The number of thioether (sulfide) groups is 1. The van der Waals surface area contributed by atoms with Crippen LogP contribution in [0, 0.1) is 0 Å². The van der Waals surface area contributed by atoms with Gasteiger partial charge in [-0.15, -0.1) is 0 Å². The van der Waals surface area contributed by atoms with Crippen LogP contribution in [0.25, 0.3) is 11.0 Å². The normalized spacial score (nSPS) is 16.9. The molecule has 0 bridgehead atoms. The molecule has 1 aromatic carbocycles. The molecule has 0 radical (unpaired) electrons. The summed E-state index contributed by atoms with van der Waals surface area (Å²) >= 11 is 1.96. The summed E-state index contributed by atoms with van der Waals surface area (Å²) < 4.78 is 8.29. The lowest BCUT2D eigenvalue weighted by atomic mass is 9.84. The van der Waals surface area contributed by atoms with Gasteiger partial charge in [0, 0.05) is 11.3 Å². The van der Waals surface area contributed by atoms with Crippen LogP contribution in [0.2, 0.25) is 0 Å². The van der Waals surface area contributed by atoms with Crippen molar-refractivity contribution in [2.24, 2.45) is 0 Å². The van der Waals surface area contributed by atoms with E-state index in [4.69, 9.17) is 10.5 Å². The van der Waals surface area contributed by atoms with Gasteiger partial charge < -0.3 is 15.0 Å². The maximum atomic E-state index is 6.18. The number of rotatable bonds is 6. The van der Waals surface area contributed by atoms with Crippen LogP contribution in [0.15, 0.2) is 18.2 Å². The second kappa shape index (κ2) is 5.79. The van der Waals surface area contributed by atoms with Crippen molar-refractivity contribution in [3.8, 4) is 5.75 Å². The van der Waals surface area contributed by atoms with Gasteiger partial charge in [-0.25, -0.2) is 4.98 Å². The van der Waals surface area contributed by atoms with Gasteiger partial charge in [-0.2, -0.15) is 11.8 Å². The number of benzene rings is 1. The fraction of sp³-hybridized carbons (Fsp3) is 0.562. The summed E-state index contributed by atoms with van der Waals surface area (Å²) in [7, 11) is 0. The molecule has 0 saturated heterocycles. The van der Waals surface area contributed by atoms with Crippen LogP contribution in [0.4, 0.5) is 5.95 Å². The van der Waals surface area contributed by atoms with Crippen molar-refractivity contribution in [3.05, 3.63) is 18.2 Å². The highest BCUT2D eigenvalue weighted by Crippen LogP contribution is 2.45. The van der Waals surface area contributed by atoms with Gasteiger partial charge in [-0.1, -0.05) is 19.4 Å². The second-order valence-electron chi connectivity index (χ2n) is 5.77. The van der Waals surface area contributed by atoms with E-state index in [0.717, 1.165) is 29.7 Å². The first-order valence-corrected chi connectivity index (χ1v) is 8.84. The number of anilines is 1.